The van der Waals surface area contributed by atoms with Crippen molar-refractivity contribution in [2.24, 2.45) is 5.92 Å². The fourth-order valence-electron chi connectivity index (χ4n) is 1.66. The average Bonchev–Trinajstić information content (AvgIpc) is 2.34. The van der Waals surface area contributed by atoms with Gasteiger partial charge in [-0.05, 0) is 45.0 Å². The molecule has 0 aromatic heterocycles. The highest BCUT2D eigenvalue weighted by molar-refractivity contribution is 7.85. The summed E-state index contributed by atoms with van der Waals surface area (Å²) in [6.45, 7) is 6.11. The molecule has 2 N–H and O–H groups in total. The molecule has 0 spiro atoms. The SMILES string of the molecule is CCOC(=O)CC1CNC1.Cc1ccc(S(=O)(=O)O)cc1. The summed E-state index contributed by atoms with van der Waals surface area (Å²) in [7, 11) is -4.02. The van der Waals surface area contributed by atoms with Gasteiger partial charge in [-0.1, -0.05) is 17.7 Å². The molecule has 1 saturated heterocycles. The molecular weight excluding hydrogens is 294 g/mol. The molecule has 7 heteroatoms. The summed E-state index contributed by atoms with van der Waals surface area (Å²) < 4.78 is 34.3. The van der Waals surface area contributed by atoms with E-state index in [-0.39, 0.29) is 10.9 Å². The van der Waals surface area contributed by atoms with Gasteiger partial charge in [0.15, 0.2) is 0 Å². The summed E-state index contributed by atoms with van der Waals surface area (Å²) in [6.07, 6.45) is 0.584. The molecule has 0 saturated carbocycles. The Morgan fingerprint density at radius 2 is 1.90 bits per heavy atom. The lowest BCUT2D eigenvalue weighted by molar-refractivity contribution is -0.144. The van der Waals surface area contributed by atoms with Crippen molar-refractivity contribution in [1.82, 2.24) is 5.32 Å². The Morgan fingerprint density at radius 1 is 1.33 bits per heavy atom. The number of esters is 1. The molecule has 0 atom stereocenters. The minimum absolute atomic E-state index is 0.0611. The maximum Gasteiger partial charge on any atom is 0.306 e. The van der Waals surface area contributed by atoms with Gasteiger partial charge in [0.1, 0.15) is 0 Å². The van der Waals surface area contributed by atoms with Crippen LogP contribution in [0.1, 0.15) is 18.9 Å². The zero-order valence-corrected chi connectivity index (χ0v) is 13.0. The van der Waals surface area contributed by atoms with E-state index >= 15 is 0 Å². The first-order valence-corrected chi connectivity index (χ1v) is 8.17. The third-order valence-electron chi connectivity index (χ3n) is 2.95. The standard InChI is InChI=1S/C7H13NO2.C7H8O3S/c1-2-10-7(9)3-6-4-8-5-6;1-6-2-4-7(5-3-6)11(8,9)10/h6,8H,2-5H2,1H3;2-5H,1H3,(H,8,9,10). The van der Waals surface area contributed by atoms with Gasteiger partial charge in [-0.2, -0.15) is 8.42 Å². The highest BCUT2D eigenvalue weighted by Crippen LogP contribution is 2.09. The van der Waals surface area contributed by atoms with Crippen LogP contribution in [0.25, 0.3) is 0 Å². The zero-order valence-electron chi connectivity index (χ0n) is 12.2. The first kappa shape index (κ1) is 17.6. The van der Waals surface area contributed by atoms with E-state index in [2.05, 4.69) is 5.32 Å². The van der Waals surface area contributed by atoms with Gasteiger partial charge in [-0.15, -0.1) is 0 Å². The Labute approximate surface area is 125 Å². The van der Waals surface area contributed by atoms with E-state index < -0.39 is 10.1 Å². The Kier molecular flexibility index (Phi) is 6.80. The van der Waals surface area contributed by atoms with Gasteiger partial charge in [0.05, 0.1) is 17.9 Å². The van der Waals surface area contributed by atoms with Crippen LogP contribution >= 0.6 is 0 Å². The third kappa shape index (κ3) is 6.70. The monoisotopic (exact) mass is 315 g/mol. The minimum Gasteiger partial charge on any atom is -0.466 e. The first-order valence-electron chi connectivity index (χ1n) is 6.73. The molecule has 1 aliphatic heterocycles. The highest BCUT2D eigenvalue weighted by atomic mass is 32.2. The summed E-state index contributed by atoms with van der Waals surface area (Å²) in [6, 6.07) is 5.99. The second-order valence-electron chi connectivity index (χ2n) is 4.82. The number of benzene rings is 1. The molecule has 1 aromatic carbocycles. The molecule has 1 heterocycles. The largest absolute Gasteiger partial charge is 0.466 e. The molecule has 0 aliphatic carbocycles. The molecule has 0 amide bonds. The van der Waals surface area contributed by atoms with Gasteiger partial charge >= 0.3 is 5.97 Å². The summed E-state index contributed by atoms with van der Waals surface area (Å²) >= 11 is 0. The molecule has 1 aromatic rings. The Morgan fingerprint density at radius 3 is 2.29 bits per heavy atom. The first-order chi connectivity index (χ1) is 9.82. The number of carbonyl (C=O) groups excluding carboxylic acids is 1. The molecule has 0 unspecified atom stereocenters. The Bertz CT molecular complexity index is 549. The van der Waals surface area contributed by atoms with Crippen molar-refractivity contribution in [3.05, 3.63) is 29.8 Å². The van der Waals surface area contributed by atoms with E-state index in [4.69, 9.17) is 9.29 Å². The summed E-state index contributed by atoms with van der Waals surface area (Å²) in [5, 5.41) is 3.10. The number of hydrogen-bond donors (Lipinski definition) is 2. The van der Waals surface area contributed by atoms with Crippen LogP contribution in [0.5, 0.6) is 0 Å². The van der Waals surface area contributed by atoms with Crippen molar-refractivity contribution in [2.75, 3.05) is 19.7 Å². The number of ether oxygens (including phenoxy) is 1. The van der Waals surface area contributed by atoms with Crippen molar-refractivity contribution < 1.29 is 22.5 Å². The fourth-order valence-corrected chi connectivity index (χ4v) is 2.14. The van der Waals surface area contributed by atoms with Crippen molar-refractivity contribution in [1.29, 1.82) is 0 Å². The summed E-state index contributed by atoms with van der Waals surface area (Å²) in [5.74, 6) is 0.466. The lowest BCUT2D eigenvalue weighted by Crippen LogP contribution is -2.43. The normalized spacial score (nSPS) is 14.6. The minimum atomic E-state index is -4.02. The number of nitrogens with one attached hydrogen (secondary N) is 1. The van der Waals surface area contributed by atoms with Crippen LogP contribution in [-0.4, -0.2) is 38.6 Å². The maximum atomic E-state index is 10.8. The second kappa shape index (κ2) is 8.11. The molecule has 2 rings (SSSR count). The summed E-state index contributed by atoms with van der Waals surface area (Å²) in [5.41, 5.74) is 0.956. The van der Waals surface area contributed by atoms with Crippen LogP contribution in [0.2, 0.25) is 0 Å². The van der Waals surface area contributed by atoms with Crippen molar-refractivity contribution in [2.45, 2.75) is 25.2 Å². The highest BCUT2D eigenvalue weighted by Gasteiger charge is 2.20. The Hall–Kier alpha value is -1.44. The smallest absolute Gasteiger partial charge is 0.306 e. The molecule has 1 fully saturated rings. The fraction of sp³-hybridized carbons (Fsp3) is 0.500. The van der Waals surface area contributed by atoms with Crippen molar-refractivity contribution in [3.63, 3.8) is 0 Å². The molecule has 6 nitrogen and oxygen atoms in total. The maximum absolute atomic E-state index is 10.8. The topological polar surface area (TPSA) is 92.7 Å². The van der Waals surface area contributed by atoms with Crippen molar-refractivity contribution in [3.8, 4) is 0 Å². The molecular formula is C14H21NO5S. The van der Waals surface area contributed by atoms with Crippen LogP contribution in [0, 0.1) is 12.8 Å². The van der Waals surface area contributed by atoms with Gasteiger partial charge < -0.3 is 10.1 Å². The second-order valence-corrected chi connectivity index (χ2v) is 6.24. The summed E-state index contributed by atoms with van der Waals surface area (Å²) in [4.78, 5) is 10.7. The molecule has 0 bridgehead atoms. The predicted octanol–water partition coefficient (Wildman–Crippen LogP) is 1.40. The van der Waals surface area contributed by atoms with Gasteiger partial charge in [-0.25, -0.2) is 0 Å². The number of carbonyl (C=O) groups is 1. The van der Waals surface area contributed by atoms with Crippen molar-refractivity contribution >= 4 is 16.1 Å². The van der Waals surface area contributed by atoms with E-state index in [1.54, 1.807) is 12.1 Å². The van der Waals surface area contributed by atoms with E-state index in [0.29, 0.717) is 18.9 Å². The molecule has 118 valence electrons. The lowest BCUT2D eigenvalue weighted by atomic mass is 10.00. The van der Waals surface area contributed by atoms with Crippen LogP contribution in [0.3, 0.4) is 0 Å². The van der Waals surface area contributed by atoms with Crippen LogP contribution < -0.4 is 5.32 Å². The third-order valence-corrected chi connectivity index (χ3v) is 3.81. The van der Waals surface area contributed by atoms with Gasteiger partial charge in [0.2, 0.25) is 0 Å². The van der Waals surface area contributed by atoms with Gasteiger partial charge in [-0.3, -0.25) is 9.35 Å². The van der Waals surface area contributed by atoms with E-state index in [9.17, 15) is 13.2 Å². The lowest BCUT2D eigenvalue weighted by Gasteiger charge is -2.25. The van der Waals surface area contributed by atoms with Gasteiger partial charge in [0.25, 0.3) is 10.1 Å². The number of hydrogen-bond acceptors (Lipinski definition) is 5. The molecule has 1 aliphatic rings. The predicted molar refractivity (Wildman–Crippen MR) is 78.6 cm³/mol. The Balaban J connectivity index is 0.000000211. The van der Waals surface area contributed by atoms with Crippen LogP contribution in [0.4, 0.5) is 0 Å². The van der Waals surface area contributed by atoms with E-state index in [0.717, 1.165) is 18.7 Å². The quantitative estimate of drug-likeness (QED) is 0.644. The van der Waals surface area contributed by atoms with Gasteiger partial charge in [0, 0.05) is 0 Å². The van der Waals surface area contributed by atoms with E-state index in [1.807, 2.05) is 13.8 Å². The number of rotatable bonds is 4. The number of aryl methyl sites for hydroxylation is 1. The average molecular weight is 315 g/mol. The van der Waals surface area contributed by atoms with Crippen LogP contribution in [0.15, 0.2) is 29.2 Å². The van der Waals surface area contributed by atoms with E-state index in [1.165, 1.54) is 12.1 Å². The molecule has 21 heavy (non-hydrogen) atoms. The zero-order chi connectivity index (χ0) is 15.9. The molecule has 0 radical (unpaired) electrons. The van der Waals surface area contributed by atoms with Crippen LogP contribution in [-0.2, 0) is 19.6 Å².